The van der Waals surface area contributed by atoms with Crippen LogP contribution in [0, 0.1) is 0 Å². The van der Waals surface area contributed by atoms with Crippen LogP contribution in [-0.2, 0) is 5.75 Å². The van der Waals surface area contributed by atoms with E-state index < -0.39 is 0 Å². The van der Waals surface area contributed by atoms with Crippen LogP contribution in [0.1, 0.15) is 28.6 Å². The van der Waals surface area contributed by atoms with Crippen molar-refractivity contribution >= 4 is 29.1 Å². The van der Waals surface area contributed by atoms with Gasteiger partial charge in [-0.15, -0.1) is 11.3 Å². The fraction of sp³-hybridized carbons (Fsp3) is 0.375. The fourth-order valence-corrected chi connectivity index (χ4v) is 2.29. The van der Waals surface area contributed by atoms with Gasteiger partial charge in [0.15, 0.2) is 5.78 Å². The summed E-state index contributed by atoms with van der Waals surface area (Å²) in [5, 5.41) is 7.22. The Kier molecular flexibility index (Phi) is 3.78. The van der Waals surface area contributed by atoms with Crippen molar-refractivity contribution < 1.29 is 4.79 Å². The second kappa shape index (κ2) is 4.64. The summed E-state index contributed by atoms with van der Waals surface area (Å²) in [6.07, 6.45) is 0.575. The van der Waals surface area contributed by atoms with Gasteiger partial charge in [0, 0.05) is 28.0 Å². The molecular weight excluding hydrogens is 190 g/mol. The van der Waals surface area contributed by atoms with E-state index in [-0.39, 0.29) is 5.78 Å². The number of hydrogen-bond donors (Lipinski definition) is 1. The van der Waals surface area contributed by atoms with Gasteiger partial charge in [0.2, 0.25) is 0 Å². The second-order valence-electron chi connectivity index (χ2n) is 2.39. The van der Waals surface area contributed by atoms with Gasteiger partial charge < -0.3 is 0 Å². The minimum absolute atomic E-state index is 0.208. The normalized spacial score (nSPS) is 10.2. The van der Waals surface area contributed by atoms with Crippen molar-refractivity contribution in [1.29, 1.82) is 0 Å². The largest absolute Gasteiger partial charge is 0.294 e. The van der Waals surface area contributed by atoms with Gasteiger partial charge in [0.25, 0.3) is 0 Å². The first kappa shape index (κ1) is 9.77. The van der Waals surface area contributed by atoms with Gasteiger partial charge in [-0.25, -0.2) is 0 Å². The van der Waals surface area contributed by atoms with Gasteiger partial charge in [0.05, 0.1) is 0 Å². The first-order valence-electron chi connectivity index (χ1n) is 3.70. The molecule has 1 aromatic rings. The van der Waals surface area contributed by atoms with Crippen molar-refractivity contribution in [1.82, 2.24) is 0 Å². The zero-order valence-electron chi connectivity index (χ0n) is 6.87. The van der Waals surface area contributed by atoms with Crippen molar-refractivity contribution in [3.8, 4) is 0 Å². The van der Waals surface area contributed by atoms with Crippen molar-refractivity contribution in [2.24, 2.45) is 5.14 Å². The highest BCUT2D eigenvalue weighted by Crippen LogP contribution is 2.19. The van der Waals surface area contributed by atoms with Crippen molar-refractivity contribution in [2.75, 3.05) is 0 Å². The van der Waals surface area contributed by atoms with Crippen molar-refractivity contribution in [3.05, 3.63) is 21.9 Å². The number of hydrogen-bond acceptors (Lipinski definition) is 4. The molecule has 1 rings (SSSR count). The van der Waals surface area contributed by atoms with Gasteiger partial charge >= 0.3 is 0 Å². The quantitative estimate of drug-likeness (QED) is 0.601. The molecule has 0 aliphatic carbocycles. The SMILES string of the molecule is CCC(=O)c1csc(CSN)c1. The molecule has 0 spiro atoms. The molecule has 0 saturated heterocycles. The fourth-order valence-electron chi connectivity index (χ4n) is 0.889. The second-order valence-corrected chi connectivity index (χ2v) is 4.01. The molecule has 2 N–H and O–H groups in total. The number of rotatable bonds is 4. The van der Waals surface area contributed by atoms with Crippen LogP contribution >= 0.6 is 23.3 Å². The molecule has 0 bridgehead atoms. The predicted octanol–water partition coefficient (Wildman–Crippen LogP) is 2.45. The molecule has 0 amide bonds. The van der Waals surface area contributed by atoms with Crippen LogP contribution in [0.4, 0.5) is 0 Å². The summed E-state index contributed by atoms with van der Waals surface area (Å²) < 4.78 is 0. The Labute approximate surface area is 80.3 Å². The predicted molar refractivity (Wildman–Crippen MR) is 54.4 cm³/mol. The third kappa shape index (κ3) is 2.33. The van der Waals surface area contributed by atoms with Crippen LogP contribution in [0.15, 0.2) is 11.4 Å². The molecule has 4 heteroatoms. The molecule has 2 nitrogen and oxygen atoms in total. The Bertz CT molecular complexity index is 270. The van der Waals surface area contributed by atoms with Crippen LogP contribution in [0.3, 0.4) is 0 Å². The summed E-state index contributed by atoms with van der Waals surface area (Å²) in [6.45, 7) is 1.87. The molecule has 0 radical (unpaired) electrons. The van der Waals surface area contributed by atoms with Gasteiger partial charge in [-0.2, -0.15) is 0 Å². The monoisotopic (exact) mass is 201 g/mol. The standard InChI is InChI=1S/C8H11NOS2/c1-2-8(10)6-3-7(5-12-9)11-4-6/h3-4H,2,5,9H2,1H3. The van der Waals surface area contributed by atoms with Crippen LogP contribution in [0.5, 0.6) is 0 Å². The van der Waals surface area contributed by atoms with E-state index in [2.05, 4.69) is 0 Å². The summed E-state index contributed by atoms with van der Waals surface area (Å²) in [5.74, 6) is 1.00. The van der Waals surface area contributed by atoms with Crippen molar-refractivity contribution in [2.45, 2.75) is 19.1 Å². The Morgan fingerprint density at radius 1 is 1.75 bits per heavy atom. The lowest BCUT2D eigenvalue weighted by Crippen LogP contribution is -1.92. The molecule has 1 heterocycles. The molecule has 0 fully saturated rings. The lowest BCUT2D eigenvalue weighted by molar-refractivity contribution is 0.0988. The highest BCUT2D eigenvalue weighted by atomic mass is 32.2. The molecule has 0 aliphatic heterocycles. The minimum atomic E-state index is 0.208. The summed E-state index contributed by atoms with van der Waals surface area (Å²) in [4.78, 5) is 12.4. The lowest BCUT2D eigenvalue weighted by atomic mass is 10.2. The van der Waals surface area contributed by atoms with Crippen LogP contribution in [0.25, 0.3) is 0 Å². The van der Waals surface area contributed by atoms with Crippen LogP contribution < -0.4 is 5.14 Å². The van der Waals surface area contributed by atoms with Gasteiger partial charge in [-0.05, 0) is 6.07 Å². The van der Waals surface area contributed by atoms with E-state index in [0.717, 1.165) is 11.3 Å². The van der Waals surface area contributed by atoms with E-state index >= 15 is 0 Å². The van der Waals surface area contributed by atoms with Gasteiger partial charge in [-0.3, -0.25) is 9.93 Å². The molecule has 0 aliphatic rings. The third-order valence-corrected chi connectivity index (χ3v) is 3.12. The molecule has 12 heavy (non-hydrogen) atoms. The van der Waals surface area contributed by atoms with Crippen molar-refractivity contribution in [3.63, 3.8) is 0 Å². The zero-order chi connectivity index (χ0) is 8.97. The lowest BCUT2D eigenvalue weighted by Gasteiger charge is -1.89. The number of nitrogens with two attached hydrogens (primary N) is 1. The Morgan fingerprint density at radius 2 is 2.50 bits per heavy atom. The van der Waals surface area contributed by atoms with Gasteiger partial charge in [0.1, 0.15) is 0 Å². The van der Waals surface area contributed by atoms with E-state index in [4.69, 9.17) is 5.14 Å². The maximum atomic E-state index is 11.2. The topological polar surface area (TPSA) is 43.1 Å². The molecule has 1 aromatic heterocycles. The van der Waals surface area contributed by atoms with E-state index in [1.165, 1.54) is 16.8 Å². The first-order valence-corrected chi connectivity index (χ1v) is 5.63. The van der Waals surface area contributed by atoms with Crippen LogP contribution in [0.2, 0.25) is 0 Å². The summed E-state index contributed by atoms with van der Waals surface area (Å²) in [7, 11) is 0. The molecule has 0 aromatic carbocycles. The van der Waals surface area contributed by atoms with E-state index in [1.807, 2.05) is 18.4 Å². The average molecular weight is 201 g/mol. The number of thiophene rings is 1. The minimum Gasteiger partial charge on any atom is -0.294 e. The Hall–Kier alpha value is -0.320. The number of Topliss-reactive ketones (excluding diaryl/α,β-unsaturated/α-hetero) is 1. The molecule has 0 atom stereocenters. The number of ketones is 1. The van der Waals surface area contributed by atoms with E-state index in [1.54, 1.807) is 11.3 Å². The summed E-state index contributed by atoms with van der Waals surface area (Å²) in [6, 6.07) is 1.93. The average Bonchev–Trinajstić information content (AvgIpc) is 2.52. The summed E-state index contributed by atoms with van der Waals surface area (Å²) in [5.41, 5.74) is 0.826. The zero-order valence-corrected chi connectivity index (χ0v) is 8.50. The van der Waals surface area contributed by atoms with Gasteiger partial charge in [-0.1, -0.05) is 18.9 Å². The maximum Gasteiger partial charge on any atom is 0.163 e. The molecular formula is C8H11NOS2. The summed E-state index contributed by atoms with van der Waals surface area (Å²) >= 11 is 2.88. The van der Waals surface area contributed by atoms with E-state index in [9.17, 15) is 4.79 Å². The Balaban J connectivity index is 2.70. The third-order valence-electron chi connectivity index (χ3n) is 1.52. The molecule has 66 valence electrons. The highest BCUT2D eigenvalue weighted by Gasteiger charge is 2.05. The number of carbonyl (C=O) groups excluding carboxylic acids is 1. The first-order chi connectivity index (χ1) is 5.77. The van der Waals surface area contributed by atoms with Crippen LogP contribution in [-0.4, -0.2) is 5.78 Å². The molecule has 0 unspecified atom stereocenters. The molecule has 0 saturated carbocycles. The Morgan fingerprint density at radius 3 is 3.08 bits per heavy atom. The highest BCUT2D eigenvalue weighted by molar-refractivity contribution is 7.96. The number of carbonyl (C=O) groups is 1. The smallest absolute Gasteiger partial charge is 0.163 e. The van der Waals surface area contributed by atoms with E-state index in [0.29, 0.717) is 6.42 Å². The maximum absolute atomic E-state index is 11.2.